The van der Waals surface area contributed by atoms with Gasteiger partial charge in [0.25, 0.3) is 0 Å². The molecule has 0 aromatic carbocycles. The summed E-state index contributed by atoms with van der Waals surface area (Å²) < 4.78 is 33.9. The van der Waals surface area contributed by atoms with Crippen LogP contribution in [0, 0.1) is 0 Å². The Morgan fingerprint density at radius 3 is 1.54 bits per heavy atom. The van der Waals surface area contributed by atoms with Gasteiger partial charge in [0.15, 0.2) is 18.9 Å². The number of hydrogen-bond donors (Lipinski definition) is 14. The first-order valence-corrected chi connectivity index (χ1v) is 14.4. The van der Waals surface area contributed by atoms with Gasteiger partial charge in [-0.1, -0.05) is 0 Å². The van der Waals surface area contributed by atoms with Gasteiger partial charge < -0.3 is 100 Å². The molecule has 0 aliphatic carbocycles. The molecule has 3 fully saturated rings. The zero-order valence-electron chi connectivity index (χ0n) is 24.6. The molecule has 0 aromatic rings. The lowest BCUT2D eigenvalue weighted by Crippen LogP contribution is -2.70. The van der Waals surface area contributed by atoms with E-state index in [9.17, 15) is 66.1 Å². The van der Waals surface area contributed by atoms with Crippen LogP contribution in [0.15, 0.2) is 0 Å². The number of carbonyl (C=O) groups excluding carboxylic acids is 1. The van der Waals surface area contributed by atoms with Crippen molar-refractivity contribution in [1.29, 1.82) is 0 Å². The second-order valence-electron chi connectivity index (χ2n) is 11.2. The summed E-state index contributed by atoms with van der Waals surface area (Å²) in [5.41, 5.74) is 0. The predicted molar refractivity (Wildman–Crippen MR) is 142 cm³/mol. The fraction of sp³-hybridized carbons (Fsp3) is 0.960. The molecule has 18 unspecified atom stereocenters. The van der Waals surface area contributed by atoms with Gasteiger partial charge in [0, 0.05) is 6.92 Å². The van der Waals surface area contributed by atoms with E-state index >= 15 is 0 Å². The Balaban J connectivity index is 2.00. The van der Waals surface area contributed by atoms with Crippen LogP contribution in [-0.2, 0) is 33.2 Å². The minimum absolute atomic E-state index is 0.755. The smallest absolute Gasteiger partial charge is 0.217 e. The van der Waals surface area contributed by atoms with Gasteiger partial charge in [-0.2, -0.15) is 0 Å². The topological polar surface area (TPSA) is 347 Å². The van der Waals surface area contributed by atoms with Gasteiger partial charge in [0.1, 0.15) is 91.5 Å². The minimum atomic E-state index is -1.99. The van der Waals surface area contributed by atoms with Gasteiger partial charge in [0.05, 0.1) is 33.0 Å². The first-order valence-electron chi connectivity index (χ1n) is 14.4. The number of amides is 1. The fourth-order valence-corrected chi connectivity index (χ4v) is 5.23. The van der Waals surface area contributed by atoms with Crippen LogP contribution >= 0.6 is 0 Å². The summed E-state index contributed by atoms with van der Waals surface area (Å²) in [4.78, 5) is 12.3. The average molecular weight is 680 g/mol. The molecule has 0 aromatic heterocycles. The van der Waals surface area contributed by atoms with Crippen molar-refractivity contribution in [3.05, 3.63) is 0 Å². The Morgan fingerprint density at radius 1 is 0.652 bits per heavy atom. The molecule has 21 heteroatoms. The highest BCUT2D eigenvalue weighted by Crippen LogP contribution is 2.34. The lowest BCUT2D eigenvalue weighted by atomic mass is 9.94. The molecule has 3 saturated heterocycles. The first-order chi connectivity index (χ1) is 21.7. The number of rotatable bonds is 14. The predicted octanol–water partition coefficient (Wildman–Crippen LogP) is -9.33. The van der Waals surface area contributed by atoms with Crippen LogP contribution in [0.1, 0.15) is 6.92 Å². The highest BCUT2D eigenvalue weighted by Gasteiger charge is 2.55. The van der Waals surface area contributed by atoms with Crippen LogP contribution in [0.2, 0.25) is 0 Å². The molecule has 0 bridgehead atoms. The van der Waals surface area contributed by atoms with E-state index in [4.69, 9.17) is 33.5 Å². The monoisotopic (exact) mass is 679 g/mol. The molecule has 21 nitrogen and oxygen atoms in total. The van der Waals surface area contributed by atoms with Crippen LogP contribution in [0.3, 0.4) is 0 Å². The number of nitrogens with one attached hydrogen (secondary N) is 1. The van der Waals surface area contributed by atoms with E-state index in [2.05, 4.69) is 5.32 Å². The van der Waals surface area contributed by atoms with E-state index in [-0.39, 0.29) is 0 Å². The van der Waals surface area contributed by atoms with E-state index in [1.165, 1.54) is 0 Å². The molecule has 3 aliphatic rings. The number of aliphatic hydroxyl groups is 13. The number of ether oxygens (including phenoxy) is 6. The van der Waals surface area contributed by atoms with Gasteiger partial charge in [-0.25, -0.2) is 0 Å². The third kappa shape index (κ3) is 8.83. The van der Waals surface area contributed by atoms with Crippen molar-refractivity contribution < 1.29 is 99.6 Å². The number of carbonyl (C=O) groups is 1. The van der Waals surface area contributed by atoms with Gasteiger partial charge in [0.2, 0.25) is 5.91 Å². The summed E-state index contributed by atoms with van der Waals surface area (Å²) in [6, 6.07) is -1.56. The van der Waals surface area contributed by atoms with E-state index in [1.54, 1.807) is 0 Å². The molecule has 270 valence electrons. The van der Waals surface area contributed by atoms with Gasteiger partial charge in [-0.15, -0.1) is 0 Å². The molecule has 0 spiro atoms. The third-order valence-electron chi connectivity index (χ3n) is 7.88. The summed E-state index contributed by atoms with van der Waals surface area (Å²) in [6.45, 7) is -3.25. The second-order valence-corrected chi connectivity index (χ2v) is 11.2. The molecule has 1 amide bonds. The van der Waals surface area contributed by atoms with Crippen LogP contribution in [0.4, 0.5) is 0 Å². The van der Waals surface area contributed by atoms with Gasteiger partial charge >= 0.3 is 0 Å². The highest BCUT2D eigenvalue weighted by atomic mass is 16.8. The van der Waals surface area contributed by atoms with Crippen molar-refractivity contribution in [1.82, 2.24) is 5.32 Å². The second kappa shape index (κ2) is 17.4. The molecule has 18 atom stereocenters. The maximum absolute atomic E-state index is 12.3. The minimum Gasteiger partial charge on any atom is -0.394 e. The van der Waals surface area contributed by atoms with Crippen molar-refractivity contribution in [2.75, 3.05) is 33.0 Å². The lowest BCUT2D eigenvalue weighted by Gasteiger charge is -2.50. The fourth-order valence-electron chi connectivity index (χ4n) is 5.23. The Labute approximate surface area is 261 Å². The summed E-state index contributed by atoms with van der Waals surface area (Å²) in [5, 5.41) is 133. The summed E-state index contributed by atoms with van der Waals surface area (Å²) in [6.07, 6.45) is -30.1. The molecule has 14 N–H and O–H groups in total. The Kier molecular flexibility index (Phi) is 14.8. The molecule has 3 heterocycles. The van der Waals surface area contributed by atoms with E-state index in [0.717, 1.165) is 6.92 Å². The highest BCUT2D eigenvalue weighted by molar-refractivity contribution is 5.73. The molecular weight excluding hydrogens is 634 g/mol. The zero-order chi connectivity index (χ0) is 34.5. The molecule has 3 rings (SSSR count). The number of aliphatic hydroxyl groups excluding tert-OH is 13. The van der Waals surface area contributed by atoms with Crippen LogP contribution in [0.5, 0.6) is 0 Å². The van der Waals surface area contributed by atoms with Crippen LogP contribution in [0.25, 0.3) is 0 Å². The summed E-state index contributed by atoms with van der Waals surface area (Å²) in [7, 11) is 0. The van der Waals surface area contributed by atoms with E-state index in [0.29, 0.717) is 0 Å². The lowest BCUT2D eigenvalue weighted by molar-refractivity contribution is -0.375. The van der Waals surface area contributed by atoms with Crippen molar-refractivity contribution in [3.63, 3.8) is 0 Å². The Hall–Kier alpha value is -1.29. The quantitative estimate of drug-likeness (QED) is 0.0810. The van der Waals surface area contributed by atoms with Crippen molar-refractivity contribution in [2.24, 2.45) is 0 Å². The van der Waals surface area contributed by atoms with Crippen LogP contribution in [-0.4, -0.2) is 216 Å². The van der Waals surface area contributed by atoms with E-state index in [1.807, 2.05) is 0 Å². The third-order valence-corrected chi connectivity index (χ3v) is 7.88. The first kappa shape index (κ1) is 39.2. The van der Waals surface area contributed by atoms with Gasteiger partial charge in [-0.3, -0.25) is 4.79 Å². The standard InChI is InChI=1S/C25H45NO20/c1-7(31)26-13-22(46-25-20(40)18(38)16(36)11(4-29)43-25)21(45-24-19(39)17(37)15(35)10(3-28)42-24)12(5-30)44-23(13)41-6-9(33)14(34)8(32)2-27/h8-25,27-30,32-40H,2-6H2,1H3,(H,26,31). The maximum atomic E-state index is 12.3. The van der Waals surface area contributed by atoms with Crippen LogP contribution < -0.4 is 5.32 Å². The Morgan fingerprint density at radius 2 is 1.11 bits per heavy atom. The maximum Gasteiger partial charge on any atom is 0.217 e. The average Bonchev–Trinajstić information content (AvgIpc) is 3.04. The van der Waals surface area contributed by atoms with Gasteiger partial charge in [-0.05, 0) is 0 Å². The van der Waals surface area contributed by atoms with Crippen molar-refractivity contribution >= 4 is 5.91 Å². The SMILES string of the molecule is CC(=O)NC1C(OCC(O)C(O)C(O)CO)OC(CO)C(OC2OC(CO)C(O)C(O)C2O)C1OC1OC(CO)C(O)C(O)C1O. The normalized spacial score (nSPS) is 43.9. The largest absolute Gasteiger partial charge is 0.394 e. The zero-order valence-corrected chi connectivity index (χ0v) is 24.6. The van der Waals surface area contributed by atoms with Crippen molar-refractivity contribution in [2.45, 2.75) is 117 Å². The Bertz CT molecular complexity index is 932. The molecule has 0 saturated carbocycles. The summed E-state index contributed by atoms with van der Waals surface area (Å²) >= 11 is 0. The molecule has 46 heavy (non-hydrogen) atoms. The molecular formula is C25H45NO20. The van der Waals surface area contributed by atoms with Crippen molar-refractivity contribution in [3.8, 4) is 0 Å². The summed E-state index contributed by atoms with van der Waals surface area (Å²) in [5.74, 6) is -0.755. The molecule has 3 aliphatic heterocycles. The molecule has 0 radical (unpaired) electrons. The number of hydrogen-bond acceptors (Lipinski definition) is 20. The van der Waals surface area contributed by atoms with E-state index < -0.39 is 149 Å².